The number of halogens is 3. The number of urea groups is 2. The number of esters is 2. The lowest BCUT2D eigenvalue weighted by molar-refractivity contribution is 0.0587. The van der Waals surface area contributed by atoms with Crippen LogP contribution in [-0.2, 0) is 9.47 Å². The summed E-state index contributed by atoms with van der Waals surface area (Å²) in [6, 6.07) is 50.4. The predicted octanol–water partition coefficient (Wildman–Crippen LogP) is 16.4. The summed E-state index contributed by atoms with van der Waals surface area (Å²) in [6.45, 7) is 0. The SMILES string of the molecule is CN(C(=O)Nc1ccc(Oc2ccccc2Cl)cc1)c1cc2oc(=O)c(C(=O)O)cc2s1.CNc1cc2oc(=O)c(C(=O)OC)cc2s1.COC(=O)c1cc2sc(N(C)C(=O)Nc3ccc(Oc4ccccc4Cl)cc3)cc2oc1=O.Nc1ccc(Oc2ccccc2Cl)cc1.[B]. The number of hydrogen-bond donors (Lipinski definition) is 5. The molecule has 0 atom stereocenters. The number of carbonyl (C=O) groups is 5. The van der Waals surface area contributed by atoms with Crippen LogP contribution in [0.25, 0.3) is 30.8 Å². The van der Waals surface area contributed by atoms with E-state index in [9.17, 15) is 38.4 Å². The molecule has 3 radical (unpaired) electrons. The van der Waals surface area contributed by atoms with Crippen LogP contribution in [0.5, 0.6) is 34.5 Å². The first-order chi connectivity index (χ1) is 46.1. The lowest BCUT2D eigenvalue weighted by atomic mass is 10.3. The second kappa shape index (κ2) is 32.9. The molecule has 6 aromatic carbocycles. The smallest absolute Gasteiger partial charge is 0.351 e. The first-order valence-electron chi connectivity index (χ1n) is 27.8. The van der Waals surface area contributed by atoms with Crippen LogP contribution in [0, 0.1) is 0 Å². The number of anilines is 6. The van der Waals surface area contributed by atoms with Gasteiger partial charge in [-0.1, -0.05) is 71.2 Å². The minimum Gasteiger partial charge on any atom is -0.477 e. The third-order valence-corrected chi connectivity index (χ3v) is 17.4. The van der Waals surface area contributed by atoms with Crippen LogP contribution in [0.1, 0.15) is 31.1 Å². The Morgan fingerprint density at radius 1 is 0.474 bits per heavy atom. The van der Waals surface area contributed by atoms with Gasteiger partial charge in [-0.25, -0.2) is 38.4 Å². The number of aromatic carboxylic acids is 1. The van der Waals surface area contributed by atoms with Crippen molar-refractivity contribution in [3.63, 3.8) is 0 Å². The summed E-state index contributed by atoms with van der Waals surface area (Å²) in [5.74, 6) is 0.692. The number of thiophene rings is 3. The Labute approximate surface area is 578 Å². The zero-order valence-electron chi connectivity index (χ0n) is 51.2. The molecule has 0 saturated carbocycles. The molecule has 6 N–H and O–H groups in total. The standard InChI is InChI=1S/C23H17ClN2O6S.C22H15ClN2O6S.C12H10ClNO.C10H9NO4S.B/c1-26(20-12-18-19(33-20)11-15(21(27)30-2)22(28)32-18)23(29)25-13-7-9-14(10-8-13)31-17-6-4-3-5-16(17)24;1-25(19-11-17-18(32-19)10-14(20(26)27)21(28)31-17)22(29)24-12-6-8-13(9-7-12)30-16-5-3-2-4-15(16)23;13-11-3-1-2-4-12(11)15-10-7-5-9(14)6-8-10;1-11-8-4-6-7(16-8)3-5(9(12)14-2)10(13)15-6;/h3-12H,1-2H3,(H,25,29);2-11H,1H3,(H,24,29)(H,26,27);1-8H,14H2;3-4,11H,1-2H3;. The maximum atomic E-state index is 12.7. The molecule has 0 saturated heterocycles. The van der Waals surface area contributed by atoms with Gasteiger partial charge >= 0.3 is 46.8 Å². The van der Waals surface area contributed by atoms with Crippen molar-refractivity contribution in [3.05, 3.63) is 245 Å². The molecular weight excluding hydrogens is 1370 g/mol. The number of amides is 4. The maximum Gasteiger partial charge on any atom is 0.351 e. The van der Waals surface area contributed by atoms with Crippen LogP contribution in [0.4, 0.5) is 41.7 Å². The van der Waals surface area contributed by atoms with Gasteiger partial charge in [-0.3, -0.25) is 9.80 Å². The highest BCUT2D eigenvalue weighted by Crippen LogP contribution is 2.36. The zero-order chi connectivity index (χ0) is 68.7. The molecule has 493 valence electrons. The molecule has 0 spiro atoms. The molecule has 0 fully saturated rings. The molecular formula is C67H51BCl3N6O17S3. The van der Waals surface area contributed by atoms with Crippen molar-refractivity contribution in [2.75, 3.05) is 66.8 Å². The summed E-state index contributed by atoms with van der Waals surface area (Å²) in [6.07, 6.45) is 0. The fraction of sp³-hybridized carbons (Fsp3) is 0.0746. The van der Waals surface area contributed by atoms with Gasteiger partial charge in [-0.2, -0.15) is 0 Å². The topological polar surface area (TPSA) is 311 Å². The number of nitrogen functional groups attached to an aromatic ring is 1. The average Bonchev–Trinajstić information content (AvgIpc) is 1.69. The lowest BCUT2D eigenvalue weighted by Gasteiger charge is -2.16. The number of hydrogen-bond acceptors (Lipinski definition) is 21. The maximum absolute atomic E-state index is 12.7. The summed E-state index contributed by atoms with van der Waals surface area (Å²) in [5.41, 5.74) is 5.14. The van der Waals surface area contributed by atoms with Gasteiger partial charge < -0.3 is 63.7 Å². The Balaban J connectivity index is 0.000000174. The molecule has 0 aliphatic rings. The molecule has 12 rings (SSSR count). The van der Waals surface area contributed by atoms with E-state index in [1.807, 2.05) is 36.4 Å². The molecule has 4 amide bonds. The van der Waals surface area contributed by atoms with Crippen LogP contribution >= 0.6 is 68.8 Å². The van der Waals surface area contributed by atoms with Crippen molar-refractivity contribution in [3.8, 4) is 34.5 Å². The largest absolute Gasteiger partial charge is 0.477 e. The van der Waals surface area contributed by atoms with E-state index >= 15 is 0 Å². The molecule has 97 heavy (non-hydrogen) atoms. The molecule has 0 aliphatic carbocycles. The second-order valence-electron chi connectivity index (χ2n) is 19.5. The predicted molar refractivity (Wildman–Crippen MR) is 379 cm³/mol. The first kappa shape index (κ1) is 71.8. The van der Waals surface area contributed by atoms with Crippen LogP contribution in [0.3, 0.4) is 0 Å². The van der Waals surface area contributed by atoms with E-state index in [1.54, 1.807) is 142 Å². The van der Waals surface area contributed by atoms with E-state index in [4.69, 9.17) is 73.1 Å². The Kier molecular flexibility index (Phi) is 24.3. The van der Waals surface area contributed by atoms with Crippen molar-refractivity contribution in [1.82, 2.24) is 0 Å². The van der Waals surface area contributed by atoms with Crippen LogP contribution in [0.2, 0.25) is 15.1 Å². The first-order valence-corrected chi connectivity index (χ1v) is 31.4. The van der Waals surface area contributed by atoms with Crippen LogP contribution in [0.15, 0.2) is 210 Å². The van der Waals surface area contributed by atoms with E-state index in [2.05, 4.69) is 25.4 Å². The van der Waals surface area contributed by atoms with E-state index in [-0.39, 0.29) is 30.7 Å². The Bertz CT molecular complexity index is 5020. The average molecular weight is 1430 g/mol. The van der Waals surface area contributed by atoms with Gasteiger partial charge in [-0.05, 0) is 127 Å². The lowest BCUT2D eigenvalue weighted by Crippen LogP contribution is -2.30. The van der Waals surface area contributed by atoms with Gasteiger partial charge in [0.2, 0.25) is 0 Å². The number of fused-ring (bicyclic) bond motifs is 3. The number of nitrogens with two attached hydrogens (primary N) is 1. The van der Waals surface area contributed by atoms with E-state index in [0.29, 0.717) is 85.9 Å². The number of carboxylic acids is 1. The van der Waals surface area contributed by atoms with Crippen LogP contribution in [-0.4, -0.2) is 78.9 Å². The molecule has 6 aromatic heterocycles. The third kappa shape index (κ3) is 18.5. The van der Waals surface area contributed by atoms with E-state index in [0.717, 1.165) is 26.8 Å². The highest BCUT2D eigenvalue weighted by Gasteiger charge is 2.22. The van der Waals surface area contributed by atoms with Crippen molar-refractivity contribution in [1.29, 1.82) is 0 Å². The molecule has 0 aliphatic heterocycles. The number of benzene rings is 6. The Hall–Kier alpha value is -11.1. The van der Waals surface area contributed by atoms with Crippen molar-refractivity contribution in [2.24, 2.45) is 0 Å². The Morgan fingerprint density at radius 3 is 1.15 bits per heavy atom. The summed E-state index contributed by atoms with van der Waals surface area (Å²) < 4.78 is 43.1. The number of methoxy groups -OCH3 is 2. The second-order valence-corrected chi connectivity index (χ2v) is 24.0. The number of nitrogens with zero attached hydrogens (tertiary/aromatic N) is 2. The van der Waals surface area contributed by atoms with Crippen LogP contribution < -0.4 is 62.6 Å². The molecule has 12 aromatic rings. The Morgan fingerprint density at radius 2 is 0.804 bits per heavy atom. The fourth-order valence-corrected chi connectivity index (χ4v) is 11.5. The molecule has 0 bridgehead atoms. The number of rotatable bonds is 14. The summed E-state index contributed by atoms with van der Waals surface area (Å²) >= 11 is 21.9. The third-order valence-electron chi connectivity index (χ3n) is 13.1. The fourth-order valence-electron chi connectivity index (χ4n) is 8.15. The zero-order valence-corrected chi connectivity index (χ0v) is 55.9. The van der Waals surface area contributed by atoms with E-state index < -0.39 is 52.4 Å². The van der Waals surface area contributed by atoms with Gasteiger partial charge in [0.1, 0.15) is 61.2 Å². The molecule has 6 heterocycles. The summed E-state index contributed by atoms with van der Waals surface area (Å²) in [4.78, 5) is 97.3. The summed E-state index contributed by atoms with van der Waals surface area (Å²) in [5, 5.41) is 21.0. The monoisotopic (exact) mass is 1420 g/mol. The molecule has 30 heteroatoms. The number of para-hydroxylation sites is 3. The van der Waals surface area contributed by atoms with Gasteiger partial charge in [0, 0.05) is 64.8 Å². The van der Waals surface area contributed by atoms with Gasteiger partial charge in [0.05, 0.1) is 48.4 Å². The number of ether oxygens (including phenoxy) is 5. The minimum absolute atomic E-state index is 0. The molecule has 0 unspecified atom stereocenters. The van der Waals surface area contributed by atoms with Gasteiger partial charge in [0.15, 0.2) is 16.7 Å². The van der Waals surface area contributed by atoms with Crippen molar-refractivity contribution < 1.29 is 66.0 Å². The van der Waals surface area contributed by atoms with Crippen molar-refractivity contribution in [2.45, 2.75) is 0 Å². The number of carbonyl (C=O) groups excluding carboxylic acids is 4. The van der Waals surface area contributed by atoms with Gasteiger partial charge in [0.25, 0.3) is 0 Å². The highest BCUT2D eigenvalue weighted by atomic mass is 35.5. The molecule has 23 nitrogen and oxygen atoms in total. The minimum atomic E-state index is -1.37. The quantitative estimate of drug-likeness (QED) is 0.0384. The van der Waals surface area contributed by atoms with E-state index in [1.165, 1.54) is 71.0 Å². The number of nitrogens with one attached hydrogen (secondary N) is 3. The van der Waals surface area contributed by atoms with Gasteiger partial charge in [-0.15, -0.1) is 34.0 Å². The highest BCUT2D eigenvalue weighted by molar-refractivity contribution is 7.23. The number of carboxylic acid groups (broad SMARTS) is 1. The van der Waals surface area contributed by atoms with Crippen molar-refractivity contribution >= 4 is 170 Å². The summed E-state index contributed by atoms with van der Waals surface area (Å²) in [7, 11) is 7.29. The normalized spacial score (nSPS) is 10.4.